The minimum Gasteiger partial charge on any atom is -0.299 e. The van der Waals surface area contributed by atoms with Crippen molar-refractivity contribution in [3.63, 3.8) is 0 Å². The molecule has 0 radical (unpaired) electrons. The molecule has 0 unspecified atom stereocenters. The van der Waals surface area contributed by atoms with Gasteiger partial charge in [-0.05, 0) is 56.6 Å². The van der Waals surface area contributed by atoms with E-state index in [1.165, 1.54) is 11.6 Å². The van der Waals surface area contributed by atoms with E-state index >= 15 is 0 Å². The van der Waals surface area contributed by atoms with Crippen LogP contribution in [-0.4, -0.2) is 52.5 Å². The number of hydrogen-bond acceptors (Lipinski definition) is 6. The largest absolute Gasteiger partial charge is 0.299 e. The number of piperidine rings is 1. The van der Waals surface area contributed by atoms with Gasteiger partial charge in [-0.1, -0.05) is 48.5 Å². The standard InChI is InChI=1S/C32H29FN8/c1-21-5-4-8-28(35-21)31-37-30(38-39-31)24-13-16-40(17-14-24)19-22-9-11-23(12-10-22)29-26(25-6-2-3-7-27(25)33)20-41-18-15-34-32(41)36-29/h2-12,15,18,20,24H,13-14,16-17,19H2,1H3,(H,37,38,39). The summed E-state index contributed by atoms with van der Waals surface area (Å²) in [5.41, 5.74) is 5.91. The number of aromatic amines is 1. The Hall–Kier alpha value is -4.76. The zero-order valence-electron chi connectivity index (χ0n) is 22.7. The first-order chi connectivity index (χ1) is 20.1. The molecular weight excluding hydrogens is 515 g/mol. The highest BCUT2D eigenvalue weighted by atomic mass is 19.1. The maximum atomic E-state index is 14.8. The minimum absolute atomic E-state index is 0.275. The van der Waals surface area contributed by atoms with Crippen molar-refractivity contribution in [3.8, 4) is 33.9 Å². The van der Waals surface area contributed by atoms with Gasteiger partial charge in [0.15, 0.2) is 11.6 Å². The molecule has 0 bridgehead atoms. The van der Waals surface area contributed by atoms with Gasteiger partial charge in [-0.25, -0.2) is 24.3 Å². The second-order valence-electron chi connectivity index (χ2n) is 10.6. The van der Waals surface area contributed by atoms with Crippen LogP contribution in [0.15, 0.2) is 85.3 Å². The maximum Gasteiger partial charge on any atom is 0.234 e. The second-order valence-corrected chi connectivity index (χ2v) is 10.6. The van der Waals surface area contributed by atoms with Crippen molar-refractivity contribution >= 4 is 5.78 Å². The topological polar surface area (TPSA) is 87.9 Å². The number of aryl methyl sites for hydroxylation is 1. The fourth-order valence-corrected chi connectivity index (χ4v) is 5.57. The van der Waals surface area contributed by atoms with Crippen molar-refractivity contribution in [2.45, 2.75) is 32.2 Å². The van der Waals surface area contributed by atoms with E-state index in [0.717, 1.165) is 66.6 Å². The molecule has 0 amide bonds. The number of fused-ring (bicyclic) bond motifs is 1. The number of nitrogens with one attached hydrogen (secondary N) is 1. The lowest BCUT2D eigenvalue weighted by Crippen LogP contribution is -2.32. The number of aromatic nitrogens is 7. The number of pyridine rings is 1. The van der Waals surface area contributed by atoms with E-state index in [2.05, 4.69) is 49.3 Å². The van der Waals surface area contributed by atoms with Gasteiger partial charge in [0, 0.05) is 53.4 Å². The summed E-state index contributed by atoms with van der Waals surface area (Å²) in [6.45, 7) is 4.81. The van der Waals surface area contributed by atoms with Crippen LogP contribution in [0.5, 0.6) is 0 Å². The van der Waals surface area contributed by atoms with Gasteiger partial charge in [0.1, 0.15) is 11.5 Å². The molecule has 1 saturated heterocycles. The molecule has 0 atom stereocenters. The molecule has 8 nitrogen and oxygen atoms in total. The third-order valence-corrected chi connectivity index (χ3v) is 7.77. The Morgan fingerprint density at radius 1 is 0.902 bits per heavy atom. The number of likely N-dealkylation sites (tertiary alicyclic amines) is 1. The van der Waals surface area contributed by atoms with Crippen LogP contribution < -0.4 is 0 Å². The number of hydrogen-bond donors (Lipinski definition) is 1. The van der Waals surface area contributed by atoms with Gasteiger partial charge in [0.05, 0.1) is 5.69 Å². The summed E-state index contributed by atoms with van der Waals surface area (Å²) in [6.07, 6.45) is 7.44. The van der Waals surface area contributed by atoms with E-state index in [9.17, 15) is 4.39 Å². The molecule has 5 heterocycles. The van der Waals surface area contributed by atoms with E-state index in [0.29, 0.717) is 23.0 Å². The summed E-state index contributed by atoms with van der Waals surface area (Å²) in [7, 11) is 0. The van der Waals surface area contributed by atoms with Crippen molar-refractivity contribution in [2.75, 3.05) is 13.1 Å². The molecule has 0 aliphatic carbocycles. The van der Waals surface area contributed by atoms with Gasteiger partial charge in [-0.15, -0.1) is 0 Å². The molecular formula is C32H29FN8. The zero-order valence-corrected chi connectivity index (χ0v) is 22.7. The molecule has 9 heteroatoms. The minimum atomic E-state index is -0.275. The number of halogens is 1. The van der Waals surface area contributed by atoms with Crippen molar-refractivity contribution in [3.05, 3.63) is 108 Å². The number of benzene rings is 2. The normalized spacial score (nSPS) is 14.6. The Bertz CT molecular complexity index is 1820. The number of H-pyrrole nitrogens is 1. The molecule has 6 aromatic rings. The first-order valence-corrected chi connectivity index (χ1v) is 13.9. The predicted molar refractivity (Wildman–Crippen MR) is 155 cm³/mol. The van der Waals surface area contributed by atoms with E-state index in [1.807, 2.05) is 48.0 Å². The van der Waals surface area contributed by atoms with Gasteiger partial charge in [0.2, 0.25) is 5.78 Å². The van der Waals surface area contributed by atoms with E-state index in [-0.39, 0.29) is 5.82 Å². The molecule has 0 spiro atoms. The molecule has 1 aliphatic rings. The highest BCUT2D eigenvalue weighted by molar-refractivity contribution is 5.81. The van der Waals surface area contributed by atoms with Gasteiger partial charge < -0.3 is 0 Å². The highest BCUT2D eigenvalue weighted by Gasteiger charge is 2.24. The third-order valence-electron chi connectivity index (χ3n) is 7.77. The van der Waals surface area contributed by atoms with Gasteiger partial charge in [-0.3, -0.25) is 14.4 Å². The van der Waals surface area contributed by atoms with Crippen molar-refractivity contribution < 1.29 is 4.39 Å². The molecule has 0 saturated carbocycles. The fourth-order valence-electron chi connectivity index (χ4n) is 5.57. The molecule has 204 valence electrons. The predicted octanol–water partition coefficient (Wildman–Crippen LogP) is 6.07. The Labute approximate surface area is 237 Å². The summed E-state index contributed by atoms with van der Waals surface area (Å²) in [6, 6.07) is 21.1. The zero-order chi connectivity index (χ0) is 27.8. The van der Waals surface area contributed by atoms with Crippen LogP contribution in [0.1, 0.15) is 35.8 Å². The average molecular weight is 545 g/mol. The molecule has 4 aromatic heterocycles. The van der Waals surface area contributed by atoms with E-state index < -0.39 is 0 Å². The molecule has 1 fully saturated rings. The van der Waals surface area contributed by atoms with Crippen LogP contribution in [0.2, 0.25) is 0 Å². The Morgan fingerprint density at radius 2 is 1.73 bits per heavy atom. The van der Waals surface area contributed by atoms with Gasteiger partial charge in [-0.2, -0.15) is 5.10 Å². The Morgan fingerprint density at radius 3 is 2.54 bits per heavy atom. The third kappa shape index (κ3) is 5.12. The second kappa shape index (κ2) is 10.7. The van der Waals surface area contributed by atoms with Crippen LogP contribution in [0.25, 0.3) is 39.7 Å². The molecule has 2 aromatic carbocycles. The average Bonchev–Trinajstić information content (AvgIpc) is 3.68. The summed E-state index contributed by atoms with van der Waals surface area (Å²) >= 11 is 0. The molecule has 1 N–H and O–H groups in total. The van der Waals surface area contributed by atoms with E-state index in [4.69, 9.17) is 9.97 Å². The lowest BCUT2D eigenvalue weighted by atomic mass is 9.95. The molecule has 41 heavy (non-hydrogen) atoms. The summed E-state index contributed by atoms with van der Waals surface area (Å²) in [4.78, 5) is 20.9. The first kappa shape index (κ1) is 25.2. The van der Waals surface area contributed by atoms with Crippen LogP contribution in [-0.2, 0) is 6.54 Å². The number of imidazole rings is 1. The molecule has 1 aliphatic heterocycles. The Kier molecular flexibility index (Phi) is 6.56. The monoisotopic (exact) mass is 544 g/mol. The lowest BCUT2D eigenvalue weighted by molar-refractivity contribution is 0.202. The first-order valence-electron chi connectivity index (χ1n) is 13.9. The number of rotatable bonds is 6. The summed E-state index contributed by atoms with van der Waals surface area (Å²) in [5, 5.41) is 7.59. The quantitative estimate of drug-likeness (QED) is 0.274. The lowest BCUT2D eigenvalue weighted by Gasteiger charge is -2.30. The summed E-state index contributed by atoms with van der Waals surface area (Å²) < 4.78 is 16.6. The van der Waals surface area contributed by atoms with Crippen molar-refractivity contribution in [2.24, 2.45) is 0 Å². The SMILES string of the molecule is Cc1cccc(-c2nc(C3CCN(Cc4ccc(-c5nc6nccn6cc5-c5ccccc5F)cc4)CC3)n[nH]2)n1. The summed E-state index contributed by atoms with van der Waals surface area (Å²) in [5.74, 6) is 2.25. The smallest absolute Gasteiger partial charge is 0.234 e. The van der Waals surface area contributed by atoms with Crippen molar-refractivity contribution in [1.29, 1.82) is 0 Å². The van der Waals surface area contributed by atoms with E-state index in [1.54, 1.807) is 18.3 Å². The van der Waals surface area contributed by atoms with Gasteiger partial charge in [0.25, 0.3) is 0 Å². The van der Waals surface area contributed by atoms with Crippen LogP contribution in [0, 0.1) is 12.7 Å². The van der Waals surface area contributed by atoms with Crippen LogP contribution in [0.3, 0.4) is 0 Å². The molecule has 7 rings (SSSR count). The van der Waals surface area contributed by atoms with Gasteiger partial charge >= 0.3 is 0 Å². The number of nitrogens with zero attached hydrogens (tertiary/aromatic N) is 7. The Balaban J connectivity index is 1.04. The van der Waals surface area contributed by atoms with Crippen LogP contribution in [0.4, 0.5) is 4.39 Å². The highest BCUT2D eigenvalue weighted by Crippen LogP contribution is 2.33. The maximum absolute atomic E-state index is 14.8. The fraction of sp³-hybridized carbons (Fsp3) is 0.219. The van der Waals surface area contributed by atoms with Crippen molar-refractivity contribution in [1.82, 2.24) is 39.4 Å². The van der Waals surface area contributed by atoms with Crippen LogP contribution >= 0.6 is 0 Å².